The molecule has 4 rings (SSSR count). The topological polar surface area (TPSA) is 56.3 Å². The van der Waals surface area contributed by atoms with Gasteiger partial charge >= 0.3 is 0 Å². The molecule has 1 atom stereocenters. The van der Waals surface area contributed by atoms with Crippen LogP contribution in [0.5, 0.6) is 0 Å². The van der Waals surface area contributed by atoms with Crippen molar-refractivity contribution in [2.45, 2.75) is 32.9 Å². The molecule has 0 radical (unpaired) electrons. The number of fused-ring (bicyclic) bond motifs is 1. The number of rotatable bonds is 5. The van der Waals surface area contributed by atoms with E-state index in [-0.39, 0.29) is 0 Å². The quantitative estimate of drug-likeness (QED) is 0.578. The molecule has 6 nitrogen and oxygen atoms in total. The van der Waals surface area contributed by atoms with Gasteiger partial charge in [0.15, 0.2) is 5.11 Å². The van der Waals surface area contributed by atoms with E-state index >= 15 is 0 Å². The molecule has 1 saturated heterocycles. The Morgan fingerprint density at radius 1 is 1.21 bits per heavy atom. The Morgan fingerprint density at radius 2 is 1.90 bits per heavy atom. The van der Waals surface area contributed by atoms with Gasteiger partial charge < -0.3 is 20.4 Å². The molecular weight excluding hydrogens is 380 g/mol. The minimum atomic E-state index is 0.504. The molecule has 0 amide bonds. The van der Waals surface area contributed by atoms with E-state index in [4.69, 9.17) is 22.2 Å². The number of hydrogen-bond acceptors (Lipinski definition) is 5. The molecule has 152 valence electrons. The van der Waals surface area contributed by atoms with Crippen LogP contribution in [0.3, 0.4) is 0 Å². The van der Waals surface area contributed by atoms with Crippen molar-refractivity contribution in [3.05, 3.63) is 54.1 Å². The van der Waals surface area contributed by atoms with E-state index in [1.54, 1.807) is 6.08 Å². The fourth-order valence-corrected chi connectivity index (χ4v) is 4.18. The summed E-state index contributed by atoms with van der Waals surface area (Å²) in [5.74, 6) is 3.10. The van der Waals surface area contributed by atoms with E-state index in [1.807, 2.05) is 0 Å². The molecule has 3 heterocycles. The van der Waals surface area contributed by atoms with Gasteiger partial charge in [-0.25, -0.2) is 0 Å². The predicted molar refractivity (Wildman–Crippen MR) is 123 cm³/mol. The maximum atomic E-state index is 5.38. The van der Waals surface area contributed by atoms with Crippen LogP contribution < -0.4 is 20.4 Å². The highest BCUT2D eigenvalue weighted by atomic mass is 32.1. The van der Waals surface area contributed by atoms with Crippen LogP contribution in [0.15, 0.2) is 43.0 Å². The minimum Gasteiger partial charge on any atom is -0.359 e. The van der Waals surface area contributed by atoms with Crippen LogP contribution in [0.2, 0.25) is 0 Å². The number of anilines is 3. The molecular formula is C22H28N6S. The molecule has 0 spiro atoms. The standard InChI is InChI=1S/C22H28N6S/c1-3-10-23-22(29)26-21-24-19(27-11-6-7-16(2)13-27)12-20(25-21)28-14-17-8-4-5-9-18(17)15-28/h3-5,8-9,12,16H,1,6-7,10-11,13-15H2,2H3,(H2,23,24,25,26,29). The maximum Gasteiger partial charge on any atom is 0.232 e. The van der Waals surface area contributed by atoms with Gasteiger partial charge in [-0.15, -0.1) is 6.58 Å². The van der Waals surface area contributed by atoms with Gasteiger partial charge in [-0.1, -0.05) is 37.3 Å². The van der Waals surface area contributed by atoms with Crippen molar-refractivity contribution in [3.63, 3.8) is 0 Å². The van der Waals surface area contributed by atoms with Crippen LogP contribution in [0.25, 0.3) is 0 Å². The fraction of sp³-hybridized carbons (Fsp3) is 0.409. The zero-order valence-electron chi connectivity index (χ0n) is 16.9. The number of hydrogen-bond donors (Lipinski definition) is 2. The van der Waals surface area contributed by atoms with Crippen LogP contribution in [0.1, 0.15) is 30.9 Å². The highest BCUT2D eigenvalue weighted by molar-refractivity contribution is 7.80. The van der Waals surface area contributed by atoms with Gasteiger partial charge in [0, 0.05) is 38.8 Å². The lowest BCUT2D eigenvalue weighted by molar-refractivity contribution is 0.444. The molecule has 7 heteroatoms. The number of nitrogens with zero attached hydrogens (tertiary/aromatic N) is 4. The van der Waals surface area contributed by atoms with E-state index in [2.05, 4.69) is 64.3 Å². The van der Waals surface area contributed by atoms with Crippen LogP contribution in [0.4, 0.5) is 17.6 Å². The molecule has 1 aromatic heterocycles. The van der Waals surface area contributed by atoms with Gasteiger partial charge in [0.25, 0.3) is 0 Å². The average Bonchev–Trinajstić information content (AvgIpc) is 3.16. The second kappa shape index (κ2) is 8.78. The van der Waals surface area contributed by atoms with Crippen molar-refractivity contribution < 1.29 is 0 Å². The number of piperidine rings is 1. The monoisotopic (exact) mass is 408 g/mol. The first-order chi connectivity index (χ1) is 14.1. The first-order valence-corrected chi connectivity index (χ1v) is 10.6. The zero-order chi connectivity index (χ0) is 20.2. The molecule has 0 bridgehead atoms. The lowest BCUT2D eigenvalue weighted by Gasteiger charge is -2.32. The molecule has 29 heavy (non-hydrogen) atoms. The van der Waals surface area contributed by atoms with Crippen LogP contribution >= 0.6 is 12.2 Å². The van der Waals surface area contributed by atoms with Crippen molar-refractivity contribution in [3.8, 4) is 0 Å². The molecule has 2 aliphatic rings. The highest BCUT2D eigenvalue weighted by Crippen LogP contribution is 2.31. The van der Waals surface area contributed by atoms with Crippen molar-refractivity contribution >= 4 is 34.9 Å². The van der Waals surface area contributed by atoms with E-state index in [9.17, 15) is 0 Å². The van der Waals surface area contributed by atoms with E-state index in [0.29, 0.717) is 23.5 Å². The van der Waals surface area contributed by atoms with Crippen molar-refractivity contribution in [1.29, 1.82) is 0 Å². The summed E-state index contributed by atoms with van der Waals surface area (Å²) in [5, 5.41) is 6.74. The molecule has 0 saturated carbocycles. The third-order valence-electron chi connectivity index (χ3n) is 5.48. The Labute approximate surface area is 178 Å². The van der Waals surface area contributed by atoms with Crippen LogP contribution in [0, 0.1) is 5.92 Å². The number of thiocarbonyl (C=S) groups is 1. The molecule has 0 aliphatic carbocycles. The minimum absolute atomic E-state index is 0.504. The van der Waals surface area contributed by atoms with Crippen LogP contribution in [-0.4, -0.2) is 34.7 Å². The van der Waals surface area contributed by atoms with Gasteiger partial charge in [0.2, 0.25) is 5.95 Å². The Kier molecular flexibility index (Phi) is 5.94. The summed E-state index contributed by atoms with van der Waals surface area (Å²) in [5.41, 5.74) is 2.72. The normalized spacial score (nSPS) is 18.3. The molecule has 2 aromatic rings. The maximum absolute atomic E-state index is 5.38. The summed E-state index contributed by atoms with van der Waals surface area (Å²) in [7, 11) is 0. The van der Waals surface area contributed by atoms with E-state index < -0.39 is 0 Å². The summed E-state index contributed by atoms with van der Waals surface area (Å²) in [4.78, 5) is 14.2. The molecule has 2 aliphatic heterocycles. The first kappa shape index (κ1) is 19.6. The Bertz CT molecular complexity index is 874. The SMILES string of the molecule is C=CCNC(=S)Nc1nc(N2Cc3ccccc3C2)cc(N2CCCC(C)C2)n1. The van der Waals surface area contributed by atoms with Crippen LogP contribution in [-0.2, 0) is 13.1 Å². The lowest BCUT2D eigenvalue weighted by atomic mass is 10.0. The fourth-order valence-electron chi connectivity index (χ4n) is 4.01. The summed E-state index contributed by atoms with van der Waals surface area (Å²) < 4.78 is 0. The lowest BCUT2D eigenvalue weighted by Crippen LogP contribution is -2.35. The summed E-state index contributed by atoms with van der Waals surface area (Å²) >= 11 is 5.38. The predicted octanol–water partition coefficient (Wildman–Crippen LogP) is 3.71. The number of aromatic nitrogens is 2. The second-order valence-corrected chi connectivity index (χ2v) is 8.26. The number of nitrogens with one attached hydrogen (secondary N) is 2. The zero-order valence-corrected chi connectivity index (χ0v) is 17.7. The van der Waals surface area contributed by atoms with E-state index in [1.165, 1.54) is 24.0 Å². The smallest absolute Gasteiger partial charge is 0.232 e. The third kappa shape index (κ3) is 4.67. The van der Waals surface area contributed by atoms with Gasteiger partial charge in [-0.3, -0.25) is 0 Å². The Hall–Kier alpha value is -2.67. The first-order valence-electron chi connectivity index (χ1n) is 10.2. The molecule has 1 aromatic carbocycles. The van der Waals surface area contributed by atoms with Gasteiger partial charge in [0.1, 0.15) is 11.6 Å². The summed E-state index contributed by atoms with van der Waals surface area (Å²) in [6, 6.07) is 10.7. The number of benzene rings is 1. The summed E-state index contributed by atoms with van der Waals surface area (Å²) in [6.45, 7) is 10.4. The molecule has 1 unspecified atom stereocenters. The van der Waals surface area contributed by atoms with E-state index in [0.717, 1.165) is 37.8 Å². The largest absolute Gasteiger partial charge is 0.359 e. The third-order valence-corrected chi connectivity index (χ3v) is 5.72. The van der Waals surface area contributed by atoms with Gasteiger partial charge in [-0.05, 0) is 42.1 Å². The van der Waals surface area contributed by atoms with Crippen molar-refractivity contribution in [1.82, 2.24) is 15.3 Å². The molecule has 2 N–H and O–H groups in total. The Balaban J connectivity index is 1.61. The Morgan fingerprint density at radius 3 is 2.55 bits per heavy atom. The van der Waals surface area contributed by atoms with Gasteiger partial charge in [0.05, 0.1) is 0 Å². The van der Waals surface area contributed by atoms with Crippen molar-refractivity contribution in [2.24, 2.45) is 5.92 Å². The second-order valence-electron chi connectivity index (χ2n) is 7.85. The average molecular weight is 409 g/mol. The molecule has 1 fully saturated rings. The van der Waals surface area contributed by atoms with Crippen molar-refractivity contribution in [2.75, 3.05) is 34.8 Å². The summed E-state index contributed by atoms with van der Waals surface area (Å²) in [6.07, 6.45) is 4.24. The highest BCUT2D eigenvalue weighted by Gasteiger charge is 2.24. The van der Waals surface area contributed by atoms with Gasteiger partial charge in [-0.2, -0.15) is 9.97 Å².